The van der Waals surface area contributed by atoms with Crippen LogP contribution in [0, 0.1) is 0 Å². The summed E-state index contributed by atoms with van der Waals surface area (Å²) in [5, 5.41) is 38.4. The molecule has 5 N–H and O–H groups in total. The molecule has 0 bridgehead atoms. The first kappa shape index (κ1) is 28.3. The molecule has 1 aliphatic heterocycles. The highest BCUT2D eigenvalue weighted by Crippen LogP contribution is 2.40. The van der Waals surface area contributed by atoms with Crippen molar-refractivity contribution in [2.45, 2.75) is 62.4 Å². The number of benzene rings is 2. The van der Waals surface area contributed by atoms with Gasteiger partial charge in [0, 0.05) is 38.0 Å². The van der Waals surface area contributed by atoms with E-state index >= 15 is 0 Å². The Kier molecular flexibility index (Phi) is 7.66. The first-order valence-electron chi connectivity index (χ1n) is 15.2. The highest BCUT2D eigenvalue weighted by molar-refractivity contribution is 5.84. The molecule has 13 nitrogen and oxygen atoms in total. The Morgan fingerprint density at radius 2 is 1.68 bits per heavy atom. The summed E-state index contributed by atoms with van der Waals surface area (Å²) in [6.45, 7) is 3.93. The topological polar surface area (TPSA) is 169 Å². The van der Waals surface area contributed by atoms with Crippen LogP contribution in [0.1, 0.15) is 54.7 Å². The van der Waals surface area contributed by atoms with Crippen LogP contribution in [0.4, 0.5) is 11.8 Å². The molecule has 4 heterocycles. The number of nitrogens with zero attached hydrogens (tertiary/aromatic N) is 9. The van der Waals surface area contributed by atoms with E-state index in [0.29, 0.717) is 54.7 Å². The van der Waals surface area contributed by atoms with Gasteiger partial charge in [0.1, 0.15) is 18.2 Å². The van der Waals surface area contributed by atoms with Gasteiger partial charge in [-0.1, -0.05) is 67.6 Å². The summed E-state index contributed by atoms with van der Waals surface area (Å²) in [7, 11) is 0. The van der Waals surface area contributed by atoms with E-state index in [4.69, 9.17) is 20.7 Å². The van der Waals surface area contributed by atoms with Crippen molar-refractivity contribution in [3.05, 3.63) is 83.9 Å². The maximum atomic E-state index is 11.2. The molecule has 0 radical (unpaired) electrons. The molecule has 2 aliphatic rings. The molecule has 2 fully saturated rings. The van der Waals surface area contributed by atoms with Crippen LogP contribution in [0.3, 0.4) is 0 Å². The minimum absolute atomic E-state index is 0.0481. The fourth-order valence-electron chi connectivity index (χ4n) is 6.41. The van der Waals surface area contributed by atoms with Crippen molar-refractivity contribution in [1.29, 1.82) is 0 Å². The summed E-state index contributed by atoms with van der Waals surface area (Å²) in [6.07, 6.45) is 1.38. The quantitative estimate of drug-likeness (QED) is 0.197. The minimum Gasteiger partial charge on any atom is -0.388 e. The van der Waals surface area contributed by atoms with E-state index in [2.05, 4.69) is 74.2 Å². The summed E-state index contributed by atoms with van der Waals surface area (Å²) in [4.78, 5) is 18.1. The fraction of sp³-hybridized carbons (Fsp3) is 0.419. The summed E-state index contributed by atoms with van der Waals surface area (Å²) in [6, 6.07) is 19.8. The molecule has 3 aromatic heterocycles. The van der Waals surface area contributed by atoms with Gasteiger partial charge < -0.3 is 30.7 Å². The number of hydrogen-bond donors (Lipinski definition) is 4. The standard InChI is InChI=1S/C31H37N11O2/c1-2-25-37-39-42(38-25)24-15-23(27(43)28(24)44)41-18-34-26-29(35-31(36-30(26)41)40-14-13-21(32)17-40)33-16-22(19-9-5-3-6-10-19)20-11-7-4-8-12-20/h3-12,18,21-24,27-28,43-44H,2,13-17,32H2,1H3,(H,33,35,36)/t21?,23-,24-,27+,28-/m1/s1. The molecule has 2 aromatic carbocycles. The SMILES string of the molecule is CCc1nnn([C@@H]2C[C@@H](n3cnc4c(NCC(c5ccccc5)c5ccccc5)nc(N5CCC(N)C5)nc43)[C@H](O)[C@@H]2O)n1. The third-order valence-corrected chi connectivity index (χ3v) is 8.86. The maximum absolute atomic E-state index is 11.2. The molecular formula is C31H37N11O2. The zero-order chi connectivity index (χ0) is 30.2. The van der Waals surface area contributed by atoms with Gasteiger partial charge in [-0.2, -0.15) is 14.8 Å². The van der Waals surface area contributed by atoms with Crippen molar-refractivity contribution in [1.82, 2.24) is 39.7 Å². The Morgan fingerprint density at radius 3 is 2.32 bits per heavy atom. The van der Waals surface area contributed by atoms with Crippen LogP contribution < -0.4 is 16.0 Å². The van der Waals surface area contributed by atoms with Gasteiger partial charge in [-0.05, 0) is 29.2 Å². The van der Waals surface area contributed by atoms with Crippen LogP contribution >= 0.6 is 0 Å². The Labute approximate surface area is 254 Å². The van der Waals surface area contributed by atoms with Gasteiger partial charge >= 0.3 is 0 Å². The third kappa shape index (κ3) is 5.27. The zero-order valence-electron chi connectivity index (χ0n) is 24.6. The number of aromatic nitrogens is 8. The second-order valence-electron chi connectivity index (χ2n) is 11.7. The molecule has 0 amide bonds. The van der Waals surface area contributed by atoms with E-state index < -0.39 is 24.3 Å². The van der Waals surface area contributed by atoms with Crippen molar-refractivity contribution in [3.63, 3.8) is 0 Å². The van der Waals surface area contributed by atoms with E-state index in [-0.39, 0.29) is 12.0 Å². The summed E-state index contributed by atoms with van der Waals surface area (Å²) >= 11 is 0. The minimum atomic E-state index is -1.08. The third-order valence-electron chi connectivity index (χ3n) is 8.86. The van der Waals surface area contributed by atoms with Crippen molar-refractivity contribution in [2.24, 2.45) is 5.73 Å². The van der Waals surface area contributed by atoms with E-state index in [1.54, 1.807) is 6.33 Å². The predicted molar refractivity (Wildman–Crippen MR) is 165 cm³/mol. The Hall–Kier alpha value is -4.46. The normalized spacial score (nSPS) is 23.7. The van der Waals surface area contributed by atoms with Crippen LogP contribution in [-0.2, 0) is 6.42 Å². The van der Waals surface area contributed by atoms with Gasteiger partial charge in [-0.15, -0.1) is 10.2 Å². The Bertz CT molecular complexity index is 1670. The number of nitrogens with one attached hydrogen (secondary N) is 1. The Balaban J connectivity index is 1.25. The second kappa shape index (κ2) is 11.9. The van der Waals surface area contributed by atoms with Gasteiger partial charge in [0.2, 0.25) is 5.95 Å². The molecule has 7 rings (SSSR count). The molecule has 5 aromatic rings. The van der Waals surface area contributed by atoms with Crippen molar-refractivity contribution >= 4 is 22.9 Å². The summed E-state index contributed by atoms with van der Waals surface area (Å²) in [5.74, 6) is 1.82. The summed E-state index contributed by atoms with van der Waals surface area (Å²) < 4.78 is 1.85. The van der Waals surface area contributed by atoms with Crippen molar-refractivity contribution < 1.29 is 10.2 Å². The van der Waals surface area contributed by atoms with Gasteiger partial charge in [0.05, 0.1) is 12.4 Å². The van der Waals surface area contributed by atoms with Gasteiger partial charge in [-0.25, -0.2) is 4.98 Å². The number of imidazole rings is 1. The fourth-order valence-corrected chi connectivity index (χ4v) is 6.41. The van der Waals surface area contributed by atoms with E-state index in [1.165, 1.54) is 15.9 Å². The van der Waals surface area contributed by atoms with E-state index in [0.717, 1.165) is 13.0 Å². The first-order chi connectivity index (χ1) is 21.5. The largest absolute Gasteiger partial charge is 0.388 e. The number of aryl methyl sites for hydroxylation is 1. The lowest BCUT2D eigenvalue weighted by Gasteiger charge is -2.22. The lowest BCUT2D eigenvalue weighted by molar-refractivity contribution is 0.00473. The predicted octanol–water partition coefficient (Wildman–Crippen LogP) is 2.06. The number of nitrogens with two attached hydrogens (primary N) is 1. The molecule has 1 aliphatic carbocycles. The van der Waals surface area contributed by atoms with Crippen LogP contribution in [0.15, 0.2) is 67.0 Å². The number of hydrogen-bond acceptors (Lipinski definition) is 11. The average molecular weight is 596 g/mol. The highest BCUT2D eigenvalue weighted by atomic mass is 16.3. The smallest absolute Gasteiger partial charge is 0.229 e. The average Bonchev–Trinajstić information content (AvgIpc) is 3.86. The number of tetrazole rings is 1. The lowest BCUT2D eigenvalue weighted by Crippen LogP contribution is -2.31. The first-order valence-corrected chi connectivity index (χ1v) is 15.2. The lowest BCUT2D eigenvalue weighted by atomic mass is 9.91. The number of fused-ring (bicyclic) bond motifs is 1. The van der Waals surface area contributed by atoms with E-state index in [9.17, 15) is 10.2 Å². The molecule has 5 atom stereocenters. The maximum Gasteiger partial charge on any atom is 0.229 e. The molecule has 1 saturated carbocycles. The molecule has 228 valence electrons. The number of anilines is 2. The van der Waals surface area contributed by atoms with Gasteiger partial charge in [0.25, 0.3) is 0 Å². The van der Waals surface area contributed by atoms with Crippen LogP contribution in [-0.4, -0.2) is 87.8 Å². The molecular weight excluding hydrogens is 558 g/mol. The number of rotatable bonds is 9. The molecule has 13 heteroatoms. The van der Waals surface area contributed by atoms with Crippen molar-refractivity contribution in [3.8, 4) is 0 Å². The monoisotopic (exact) mass is 595 g/mol. The van der Waals surface area contributed by atoms with Crippen molar-refractivity contribution in [2.75, 3.05) is 29.9 Å². The summed E-state index contributed by atoms with van der Waals surface area (Å²) in [5.41, 5.74) is 9.80. The van der Waals surface area contributed by atoms with Gasteiger partial charge in [-0.3, -0.25) is 0 Å². The molecule has 0 spiro atoms. The van der Waals surface area contributed by atoms with Crippen LogP contribution in [0.25, 0.3) is 11.2 Å². The Morgan fingerprint density at radius 1 is 0.977 bits per heavy atom. The number of aliphatic hydroxyl groups excluding tert-OH is 2. The van der Waals surface area contributed by atoms with Crippen LogP contribution in [0.2, 0.25) is 0 Å². The molecule has 1 saturated heterocycles. The molecule has 44 heavy (non-hydrogen) atoms. The van der Waals surface area contributed by atoms with Crippen LogP contribution in [0.5, 0.6) is 0 Å². The number of aliphatic hydroxyl groups is 2. The molecule has 1 unspecified atom stereocenters. The van der Waals surface area contributed by atoms with Gasteiger partial charge in [0.15, 0.2) is 22.8 Å². The highest BCUT2D eigenvalue weighted by Gasteiger charge is 2.45. The second-order valence-corrected chi connectivity index (χ2v) is 11.7. The van der Waals surface area contributed by atoms with E-state index in [1.807, 2.05) is 23.6 Å². The zero-order valence-corrected chi connectivity index (χ0v) is 24.6.